The molecule has 0 unspecified atom stereocenters. The molecule has 6 heteroatoms. The first kappa shape index (κ1) is 13.2. The Labute approximate surface area is 120 Å². The molecule has 1 N–H and O–H groups in total. The maximum Gasteiger partial charge on any atom is 0.255 e. The van der Waals surface area contributed by atoms with Gasteiger partial charge in [-0.1, -0.05) is 15.9 Å². The van der Waals surface area contributed by atoms with Gasteiger partial charge in [0.25, 0.3) is 5.91 Å². The van der Waals surface area contributed by atoms with Gasteiger partial charge in [-0.25, -0.2) is 9.37 Å². The molecule has 0 atom stereocenters. The van der Waals surface area contributed by atoms with E-state index in [1.165, 1.54) is 18.3 Å². The number of halogens is 3. The van der Waals surface area contributed by atoms with Crippen molar-refractivity contribution in [2.75, 3.05) is 5.32 Å². The zero-order valence-electron chi connectivity index (χ0n) is 8.95. The van der Waals surface area contributed by atoms with Gasteiger partial charge in [0.15, 0.2) is 0 Å². The quantitative estimate of drug-likeness (QED) is 0.808. The molecule has 0 aliphatic heterocycles. The monoisotopic (exact) mass is 372 g/mol. The first-order chi connectivity index (χ1) is 8.56. The highest BCUT2D eigenvalue weighted by molar-refractivity contribution is 9.10. The fraction of sp³-hybridized carbons (Fsp3) is 0. The average molecular weight is 374 g/mol. The third kappa shape index (κ3) is 3.14. The number of hydrogen-bond donors (Lipinski definition) is 1. The number of hydrogen-bond acceptors (Lipinski definition) is 2. The molecule has 0 saturated heterocycles. The number of rotatable bonds is 2. The molecule has 0 aliphatic carbocycles. The van der Waals surface area contributed by atoms with Gasteiger partial charge in [0.2, 0.25) is 0 Å². The maximum atomic E-state index is 13.5. The van der Waals surface area contributed by atoms with Gasteiger partial charge in [0.1, 0.15) is 10.4 Å². The molecule has 0 radical (unpaired) electrons. The highest BCUT2D eigenvalue weighted by Crippen LogP contribution is 2.20. The Morgan fingerprint density at radius 2 is 2.00 bits per heavy atom. The van der Waals surface area contributed by atoms with Crippen molar-refractivity contribution in [3.05, 3.63) is 57.0 Å². The van der Waals surface area contributed by atoms with E-state index in [4.69, 9.17) is 0 Å². The van der Waals surface area contributed by atoms with Crippen LogP contribution in [-0.4, -0.2) is 10.9 Å². The third-order valence-corrected chi connectivity index (χ3v) is 3.10. The second kappa shape index (κ2) is 5.58. The lowest BCUT2D eigenvalue weighted by Crippen LogP contribution is -2.13. The Hall–Kier alpha value is -1.27. The van der Waals surface area contributed by atoms with Crippen LogP contribution in [0.15, 0.2) is 45.6 Å². The van der Waals surface area contributed by atoms with Gasteiger partial charge >= 0.3 is 0 Å². The number of nitrogens with zero attached hydrogens (tertiary/aromatic N) is 1. The van der Waals surface area contributed by atoms with Crippen molar-refractivity contribution in [2.45, 2.75) is 0 Å². The largest absolute Gasteiger partial charge is 0.319 e. The van der Waals surface area contributed by atoms with Crippen molar-refractivity contribution < 1.29 is 9.18 Å². The summed E-state index contributed by atoms with van der Waals surface area (Å²) < 4.78 is 14.7. The maximum absolute atomic E-state index is 13.5. The second-order valence-electron chi connectivity index (χ2n) is 3.45. The van der Waals surface area contributed by atoms with E-state index in [1.54, 1.807) is 18.2 Å². The first-order valence-electron chi connectivity index (χ1n) is 4.94. The van der Waals surface area contributed by atoms with Gasteiger partial charge in [0.05, 0.1) is 5.69 Å². The Balaban J connectivity index is 2.21. The fourth-order valence-corrected chi connectivity index (χ4v) is 2.03. The molecule has 18 heavy (non-hydrogen) atoms. The number of benzene rings is 1. The van der Waals surface area contributed by atoms with Gasteiger partial charge < -0.3 is 5.32 Å². The minimum atomic E-state index is -0.495. The van der Waals surface area contributed by atoms with E-state index in [-0.39, 0.29) is 11.6 Å². The van der Waals surface area contributed by atoms with E-state index in [0.717, 1.165) is 0 Å². The summed E-state index contributed by atoms with van der Waals surface area (Å²) in [4.78, 5) is 15.8. The van der Waals surface area contributed by atoms with Gasteiger partial charge in [-0.05, 0) is 46.3 Å². The van der Waals surface area contributed by atoms with Gasteiger partial charge in [-0.3, -0.25) is 4.79 Å². The molecule has 2 rings (SSSR count). The van der Waals surface area contributed by atoms with Crippen molar-refractivity contribution >= 4 is 43.5 Å². The molecule has 1 aromatic heterocycles. The Morgan fingerprint density at radius 1 is 1.22 bits per heavy atom. The predicted molar refractivity (Wildman–Crippen MR) is 74.0 cm³/mol. The van der Waals surface area contributed by atoms with Crippen LogP contribution in [0.1, 0.15) is 10.4 Å². The molecule has 0 spiro atoms. The molecule has 0 bridgehead atoms. The smallest absolute Gasteiger partial charge is 0.255 e. The fourth-order valence-electron chi connectivity index (χ4n) is 1.33. The summed E-state index contributed by atoms with van der Waals surface area (Å²) in [6.07, 6.45) is 1.50. The molecule has 2 aromatic rings. The summed E-state index contributed by atoms with van der Waals surface area (Å²) in [5.41, 5.74) is 0.537. The third-order valence-electron chi connectivity index (χ3n) is 2.17. The summed E-state index contributed by atoms with van der Waals surface area (Å²) >= 11 is 6.32. The lowest BCUT2D eigenvalue weighted by atomic mass is 10.2. The van der Waals surface area contributed by atoms with Crippen LogP contribution in [0.25, 0.3) is 0 Å². The zero-order valence-corrected chi connectivity index (χ0v) is 12.1. The minimum absolute atomic E-state index is 0.135. The SMILES string of the molecule is O=C(Nc1ccc(Br)cc1F)c1ccnc(Br)c1. The zero-order chi connectivity index (χ0) is 13.1. The van der Waals surface area contributed by atoms with Crippen LogP contribution in [0.2, 0.25) is 0 Å². The molecule has 3 nitrogen and oxygen atoms in total. The van der Waals surface area contributed by atoms with Crippen LogP contribution in [0.5, 0.6) is 0 Å². The average Bonchev–Trinajstić information content (AvgIpc) is 2.32. The molecule has 1 heterocycles. The number of pyridine rings is 1. The predicted octanol–water partition coefficient (Wildman–Crippen LogP) is 4.00. The summed E-state index contributed by atoms with van der Waals surface area (Å²) in [5, 5.41) is 2.50. The lowest BCUT2D eigenvalue weighted by molar-refractivity contribution is 0.102. The number of amides is 1. The van der Waals surface area contributed by atoms with E-state index in [1.807, 2.05) is 0 Å². The van der Waals surface area contributed by atoms with E-state index in [0.29, 0.717) is 14.6 Å². The number of carbonyl (C=O) groups excluding carboxylic acids is 1. The van der Waals surface area contributed by atoms with E-state index in [9.17, 15) is 9.18 Å². The number of nitrogens with one attached hydrogen (secondary N) is 1. The highest BCUT2D eigenvalue weighted by Gasteiger charge is 2.10. The molecule has 0 aliphatic rings. The van der Waals surface area contributed by atoms with Gasteiger partial charge in [-0.2, -0.15) is 0 Å². The van der Waals surface area contributed by atoms with E-state index in [2.05, 4.69) is 42.2 Å². The summed E-state index contributed by atoms with van der Waals surface area (Å²) in [6.45, 7) is 0. The summed E-state index contributed by atoms with van der Waals surface area (Å²) in [5.74, 6) is -0.884. The van der Waals surface area contributed by atoms with Gasteiger partial charge in [0, 0.05) is 16.2 Å². The number of aromatic nitrogens is 1. The lowest BCUT2D eigenvalue weighted by Gasteiger charge is -2.06. The van der Waals surface area contributed by atoms with Crippen LogP contribution in [0.3, 0.4) is 0 Å². The van der Waals surface area contributed by atoms with Crippen LogP contribution < -0.4 is 5.32 Å². The number of carbonyl (C=O) groups is 1. The Bertz CT molecular complexity index is 604. The van der Waals surface area contributed by atoms with Gasteiger partial charge in [-0.15, -0.1) is 0 Å². The first-order valence-corrected chi connectivity index (χ1v) is 6.53. The topological polar surface area (TPSA) is 42.0 Å². The second-order valence-corrected chi connectivity index (χ2v) is 5.17. The van der Waals surface area contributed by atoms with Crippen molar-refractivity contribution in [3.63, 3.8) is 0 Å². The number of anilines is 1. The molecule has 1 amide bonds. The molecule has 0 saturated carbocycles. The van der Waals surface area contributed by atoms with Crippen LogP contribution in [0, 0.1) is 5.82 Å². The molecule has 0 fully saturated rings. The minimum Gasteiger partial charge on any atom is -0.319 e. The van der Waals surface area contributed by atoms with E-state index >= 15 is 0 Å². The van der Waals surface area contributed by atoms with Crippen LogP contribution >= 0.6 is 31.9 Å². The molecule has 92 valence electrons. The van der Waals surface area contributed by atoms with Crippen molar-refractivity contribution in [1.82, 2.24) is 4.98 Å². The van der Waals surface area contributed by atoms with Crippen molar-refractivity contribution in [3.8, 4) is 0 Å². The summed E-state index contributed by atoms with van der Waals surface area (Å²) in [6, 6.07) is 7.55. The standard InChI is InChI=1S/C12H7Br2FN2O/c13-8-1-2-10(9(15)6-8)17-12(18)7-3-4-16-11(14)5-7/h1-6H,(H,17,18). The van der Waals surface area contributed by atoms with Crippen LogP contribution in [-0.2, 0) is 0 Å². The normalized spacial score (nSPS) is 10.2. The van der Waals surface area contributed by atoms with E-state index < -0.39 is 5.82 Å². The van der Waals surface area contributed by atoms with Crippen molar-refractivity contribution in [1.29, 1.82) is 0 Å². The van der Waals surface area contributed by atoms with Crippen LogP contribution in [0.4, 0.5) is 10.1 Å². The molecular weight excluding hydrogens is 367 g/mol. The van der Waals surface area contributed by atoms with Crippen molar-refractivity contribution in [2.24, 2.45) is 0 Å². The highest BCUT2D eigenvalue weighted by atomic mass is 79.9. The Morgan fingerprint density at radius 3 is 2.67 bits per heavy atom. The molecular formula is C12H7Br2FN2O. The Kier molecular flexibility index (Phi) is 4.08. The summed E-state index contributed by atoms with van der Waals surface area (Å²) in [7, 11) is 0. The molecule has 1 aromatic carbocycles.